The Morgan fingerprint density at radius 1 is 0.412 bits per heavy atom. The predicted octanol–water partition coefficient (Wildman–Crippen LogP) is 8.47. The summed E-state index contributed by atoms with van der Waals surface area (Å²) < 4.78 is 0. The summed E-state index contributed by atoms with van der Waals surface area (Å²) in [4.78, 5) is 2.42. The fourth-order valence-corrected chi connectivity index (χ4v) is 5.81. The molecule has 0 spiro atoms. The van der Waals surface area contributed by atoms with Crippen molar-refractivity contribution in [3.05, 3.63) is 161 Å². The molecule has 1 aliphatic heterocycles. The molecule has 5 aromatic rings. The summed E-state index contributed by atoms with van der Waals surface area (Å²) in [6, 6.07) is 46.3. The maximum absolute atomic E-state index is 2.42. The number of fused-ring (bicyclic) bond motifs is 2. The second kappa shape index (κ2) is 8.04. The third kappa shape index (κ3) is 2.87. The van der Waals surface area contributed by atoms with E-state index in [0.717, 1.165) is 0 Å². The monoisotopic (exact) mass is 437 g/mol. The van der Waals surface area contributed by atoms with Gasteiger partial charge in [-0.2, -0.15) is 0 Å². The number of benzene rings is 5. The molecular formula is C33H27N. The van der Waals surface area contributed by atoms with E-state index in [2.05, 4.69) is 146 Å². The predicted molar refractivity (Wildman–Crippen MR) is 142 cm³/mol. The van der Waals surface area contributed by atoms with E-state index in [1.54, 1.807) is 0 Å². The van der Waals surface area contributed by atoms with Crippen LogP contribution in [0.4, 0.5) is 17.1 Å². The third-order valence-electron chi connectivity index (χ3n) is 7.21. The number of nitrogens with zero attached hydrogens (tertiary/aromatic N) is 1. The molecule has 164 valence electrons. The van der Waals surface area contributed by atoms with E-state index in [0.29, 0.717) is 0 Å². The molecule has 1 heterocycles. The lowest BCUT2D eigenvalue weighted by molar-refractivity contribution is 0.719. The molecule has 0 saturated heterocycles. The molecule has 0 fully saturated rings. The SMILES string of the molecule is Cc1ccccc1C1(c2ccccc2C)c2ccccc2N(c2ccccc2)c2ccccc21. The number of aryl methyl sites for hydroxylation is 2. The molecule has 1 nitrogen and oxygen atoms in total. The molecule has 0 unspecified atom stereocenters. The van der Waals surface area contributed by atoms with Crippen molar-refractivity contribution in [3.8, 4) is 0 Å². The Labute approximate surface area is 202 Å². The fourth-order valence-electron chi connectivity index (χ4n) is 5.81. The van der Waals surface area contributed by atoms with Gasteiger partial charge in [0.1, 0.15) is 0 Å². The van der Waals surface area contributed by atoms with Crippen LogP contribution in [-0.4, -0.2) is 0 Å². The first kappa shape index (κ1) is 20.5. The van der Waals surface area contributed by atoms with E-state index in [1.165, 1.54) is 50.4 Å². The van der Waals surface area contributed by atoms with Crippen molar-refractivity contribution in [1.29, 1.82) is 0 Å². The number of anilines is 3. The molecule has 0 atom stereocenters. The van der Waals surface area contributed by atoms with Gasteiger partial charge in [-0.3, -0.25) is 0 Å². The van der Waals surface area contributed by atoms with Gasteiger partial charge in [0.2, 0.25) is 0 Å². The van der Waals surface area contributed by atoms with Crippen LogP contribution < -0.4 is 4.90 Å². The summed E-state index contributed by atoms with van der Waals surface area (Å²) >= 11 is 0. The topological polar surface area (TPSA) is 3.24 Å². The van der Waals surface area contributed by atoms with Crippen LogP contribution in [0.25, 0.3) is 0 Å². The molecule has 6 rings (SSSR count). The maximum atomic E-state index is 2.42. The van der Waals surface area contributed by atoms with Gasteiger partial charge in [0.15, 0.2) is 0 Å². The average molecular weight is 438 g/mol. The van der Waals surface area contributed by atoms with E-state index in [-0.39, 0.29) is 0 Å². The van der Waals surface area contributed by atoms with Crippen LogP contribution >= 0.6 is 0 Å². The van der Waals surface area contributed by atoms with E-state index < -0.39 is 5.41 Å². The number of hydrogen-bond acceptors (Lipinski definition) is 1. The summed E-state index contributed by atoms with van der Waals surface area (Å²) in [6.45, 7) is 4.48. The standard InChI is InChI=1S/C33H27N/c1-24-14-6-8-18-27(24)33(28-19-9-7-15-25(28)2)29-20-10-12-22-31(29)34(26-16-4-3-5-17-26)32-23-13-11-21-30(32)33/h3-23H,1-2H3. The maximum Gasteiger partial charge on any atom is 0.0747 e. The summed E-state index contributed by atoms with van der Waals surface area (Å²) in [7, 11) is 0. The van der Waals surface area contributed by atoms with Crippen molar-refractivity contribution in [2.75, 3.05) is 4.90 Å². The zero-order chi connectivity index (χ0) is 23.1. The molecule has 0 aliphatic carbocycles. The summed E-state index contributed by atoms with van der Waals surface area (Å²) in [5, 5.41) is 0. The van der Waals surface area contributed by atoms with Gasteiger partial charge >= 0.3 is 0 Å². The normalized spacial score (nSPS) is 13.8. The molecule has 5 aromatic carbocycles. The Bertz CT molecular complexity index is 1390. The van der Waals surface area contributed by atoms with Crippen LogP contribution in [0.15, 0.2) is 127 Å². The average Bonchev–Trinajstić information content (AvgIpc) is 2.89. The van der Waals surface area contributed by atoms with Crippen LogP contribution in [0.5, 0.6) is 0 Å². The molecular weight excluding hydrogens is 410 g/mol. The first-order chi connectivity index (χ1) is 16.7. The zero-order valence-corrected chi connectivity index (χ0v) is 19.6. The van der Waals surface area contributed by atoms with Gasteiger partial charge in [-0.1, -0.05) is 103 Å². The summed E-state index contributed by atoms with van der Waals surface area (Å²) in [5.41, 5.74) is 11.1. The van der Waals surface area contributed by atoms with Crippen LogP contribution in [0.1, 0.15) is 33.4 Å². The first-order valence-electron chi connectivity index (χ1n) is 11.9. The molecule has 34 heavy (non-hydrogen) atoms. The highest BCUT2D eigenvalue weighted by atomic mass is 15.2. The lowest BCUT2D eigenvalue weighted by Crippen LogP contribution is -2.38. The van der Waals surface area contributed by atoms with Gasteiger partial charge in [0.25, 0.3) is 0 Å². The first-order valence-corrected chi connectivity index (χ1v) is 11.9. The van der Waals surface area contributed by atoms with Gasteiger partial charge < -0.3 is 4.90 Å². The van der Waals surface area contributed by atoms with Gasteiger partial charge in [0.05, 0.1) is 16.8 Å². The van der Waals surface area contributed by atoms with Gasteiger partial charge in [-0.15, -0.1) is 0 Å². The molecule has 1 aliphatic rings. The Balaban J connectivity index is 1.82. The fraction of sp³-hybridized carbons (Fsp3) is 0.0909. The molecule has 0 saturated carbocycles. The Morgan fingerprint density at radius 3 is 1.26 bits per heavy atom. The molecule has 1 heteroatoms. The molecule has 0 amide bonds. The van der Waals surface area contributed by atoms with Crippen molar-refractivity contribution in [2.24, 2.45) is 0 Å². The largest absolute Gasteiger partial charge is 0.310 e. The highest BCUT2D eigenvalue weighted by molar-refractivity contribution is 5.89. The van der Waals surface area contributed by atoms with Crippen LogP contribution in [0.3, 0.4) is 0 Å². The zero-order valence-electron chi connectivity index (χ0n) is 19.6. The lowest BCUT2D eigenvalue weighted by atomic mass is 9.60. The highest BCUT2D eigenvalue weighted by Gasteiger charge is 2.47. The molecule has 0 radical (unpaired) electrons. The van der Waals surface area contributed by atoms with Crippen molar-refractivity contribution >= 4 is 17.1 Å². The molecule has 0 aromatic heterocycles. The van der Waals surface area contributed by atoms with E-state index in [9.17, 15) is 0 Å². The van der Waals surface area contributed by atoms with Crippen molar-refractivity contribution < 1.29 is 0 Å². The van der Waals surface area contributed by atoms with E-state index in [4.69, 9.17) is 0 Å². The minimum Gasteiger partial charge on any atom is -0.310 e. The van der Waals surface area contributed by atoms with Gasteiger partial charge in [0, 0.05) is 5.69 Å². The Hall–Kier alpha value is -4.10. The quantitative estimate of drug-likeness (QED) is 0.268. The third-order valence-corrected chi connectivity index (χ3v) is 7.21. The summed E-state index contributed by atoms with van der Waals surface area (Å²) in [5.74, 6) is 0. The van der Waals surface area contributed by atoms with E-state index in [1.807, 2.05) is 0 Å². The highest BCUT2D eigenvalue weighted by Crippen LogP contribution is 2.58. The van der Waals surface area contributed by atoms with Crippen molar-refractivity contribution in [1.82, 2.24) is 0 Å². The Morgan fingerprint density at radius 2 is 0.794 bits per heavy atom. The second-order valence-corrected chi connectivity index (χ2v) is 9.09. The van der Waals surface area contributed by atoms with Crippen LogP contribution in [0, 0.1) is 13.8 Å². The molecule has 0 N–H and O–H groups in total. The van der Waals surface area contributed by atoms with Gasteiger partial charge in [-0.05, 0) is 71.5 Å². The van der Waals surface area contributed by atoms with Crippen LogP contribution in [0.2, 0.25) is 0 Å². The Kier molecular flexibility index (Phi) is 4.85. The minimum absolute atomic E-state index is 0.421. The van der Waals surface area contributed by atoms with Crippen molar-refractivity contribution in [3.63, 3.8) is 0 Å². The second-order valence-electron chi connectivity index (χ2n) is 9.09. The number of rotatable bonds is 3. The van der Waals surface area contributed by atoms with Gasteiger partial charge in [-0.25, -0.2) is 0 Å². The van der Waals surface area contributed by atoms with Crippen molar-refractivity contribution in [2.45, 2.75) is 19.3 Å². The smallest absolute Gasteiger partial charge is 0.0747 e. The number of hydrogen-bond donors (Lipinski definition) is 0. The summed E-state index contributed by atoms with van der Waals surface area (Å²) in [6.07, 6.45) is 0. The number of para-hydroxylation sites is 3. The lowest BCUT2D eigenvalue weighted by Gasteiger charge is -2.47. The molecule has 0 bridgehead atoms. The minimum atomic E-state index is -0.421. The van der Waals surface area contributed by atoms with E-state index >= 15 is 0 Å². The van der Waals surface area contributed by atoms with Crippen LogP contribution in [-0.2, 0) is 5.41 Å².